The van der Waals surface area contributed by atoms with E-state index in [9.17, 15) is 4.79 Å². The molecule has 2 aromatic heterocycles. The first kappa shape index (κ1) is 15.9. The molecule has 0 aromatic carbocycles. The Morgan fingerprint density at radius 2 is 2.29 bits per heavy atom. The number of aromatic nitrogens is 1. The van der Waals surface area contributed by atoms with Crippen molar-refractivity contribution in [2.24, 2.45) is 5.92 Å². The molecule has 0 saturated heterocycles. The monoisotopic (exact) mass is 321 g/mol. The number of nitrogen functional groups attached to an aromatic ring is 1. The summed E-state index contributed by atoms with van der Waals surface area (Å²) in [7, 11) is 0. The molecule has 0 atom stereocenters. The first-order valence-corrected chi connectivity index (χ1v) is 8.72. The van der Waals surface area contributed by atoms with Gasteiger partial charge in [0, 0.05) is 24.9 Å². The van der Waals surface area contributed by atoms with E-state index in [1.807, 2.05) is 38.4 Å². The molecule has 0 spiro atoms. The number of hydrogen-bond acceptors (Lipinski definition) is 6. The van der Waals surface area contributed by atoms with Gasteiger partial charge >= 0.3 is 0 Å². The van der Waals surface area contributed by atoms with Crippen molar-refractivity contribution in [3.63, 3.8) is 0 Å². The van der Waals surface area contributed by atoms with Gasteiger partial charge in [-0.15, -0.1) is 23.1 Å². The Labute approximate surface area is 133 Å². The summed E-state index contributed by atoms with van der Waals surface area (Å²) in [6.45, 7) is 4.45. The van der Waals surface area contributed by atoms with Gasteiger partial charge in [-0.05, 0) is 17.9 Å². The predicted octanol–water partition coefficient (Wildman–Crippen LogP) is 3.90. The maximum absolute atomic E-state index is 12.2. The Morgan fingerprint density at radius 1 is 1.52 bits per heavy atom. The normalized spacial score (nSPS) is 10.9. The number of carbonyl (C=O) groups excluding carboxylic acids is 1. The standard InChI is InChI=1S/C15H19N3OS2/c1-9(2)12(19)13-11(16)14(20-3)15(21-13)18-8-10-5-4-6-17-7-10/h4-7,9,18H,8,16H2,1-3H3. The Bertz CT molecular complexity index is 623. The van der Waals surface area contributed by atoms with Gasteiger partial charge < -0.3 is 11.1 Å². The van der Waals surface area contributed by atoms with Crippen molar-refractivity contribution in [1.29, 1.82) is 0 Å². The van der Waals surface area contributed by atoms with Crippen molar-refractivity contribution in [2.45, 2.75) is 25.3 Å². The van der Waals surface area contributed by atoms with Crippen molar-refractivity contribution in [1.82, 2.24) is 4.98 Å². The van der Waals surface area contributed by atoms with Gasteiger partial charge in [0.2, 0.25) is 0 Å². The molecule has 2 rings (SSSR count). The molecular formula is C15H19N3OS2. The first-order chi connectivity index (χ1) is 10.0. The molecule has 0 fully saturated rings. The molecule has 0 amide bonds. The van der Waals surface area contributed by atoms with E-state index < -0.39 is 0 Å². The van der Waals surface area contributed by atoms with Crippen LogP contribution >= 0.6 is 23.1 Å². The van der Waals surface area contributed by atoms with Gasteiger partial charge in [-0.1, -0.05) is 19.9 Å². The van der Waals surface area contributed by atoms with E-state index in [0.717, 1.165) is 15.5 Å². The van der Waals surface area contributed by atoms with Gasteiger partial charge in [0.25, 0.3) is 0 Å². The number of rotatable bonds is 6. The molecule has 0 bridgehead atoms. The average Bonchev–Trinajstić information content (AvgIpc) is 2.81. The third kappa shape index (κ3) is 3.57. The predicted molar refractivity (Wildman–Crippen MR) is 91.2 cm³/mol. The maximum Gasteiger partial charge on any atom is 0.177 e. The van der Waals surface area contributed by atoms with Crippen LogP contribution in [0.4, 0.5) is 10.7 Å². The fraction of sp³-hybridized carbons (Fsp3) is 0.333. The summed E-state index contributed by atoms with van der Waals surface area (Å²) in [5.41, 5.74) is 7.83. The van der Waals surface area contributed by atoms with Gasteiger partial charge in [0.05, 0.1) is 15.5 Å². The Balaban J connectivity index is 2.23. The summed E-state index contributed by atoms with van der Waals surface area (Å²) < 4.78 is 0. The van der Waals surface area contributed by atoms with Crippen molar-refractivity contribution < 1.29 is 4.79 Å². The summed E-state index contributed by atoms with van der Waals surface area (Å²) in [6.07, 6.45) is 5.54. The lowest BCUT2D eigenvalue weighted by molar-refractivity contribution is 0.0944. The zero-order valence-corrected chi connectivity index (χ0v) is 14.0. The maximum atomic E-state index is 12.2. The Hall–Kier alpha value is -1.53. The minimum Gasteiger partial charge on any atom is -0.396 e. The van der Waals surface area contributed by atoms with Crippen LogP contribution in [0.5, 0.6) is 0 Å². The number of thioether (sulfide) groups is 1. The van der Waals surface area contributed by atoms with Crippen molar-refractivity contribution in [2.75, 3.05) is 17.3 Å². The number of nitrogens with zero attached hydrogens (tertiary/aromatic N) is 1. The second kappa shape index (κ2) is 6.95. The van der Waals surface area contributed by atoms with Crippen molar-refractivity contribution in [3.05, 3.63) is 35.0 Å². The van der Waals surface area contributed by atoms with E-state index in [1.165, 1.54) is 11.3 Å². The Kier molecular flexibility index (Phi) is 5.25. The van der Waals surface area contributed by atoms with E-state index in [-0.39, 0.29) is 11.7 Å². The number of anilines is 2. The van der Waals surface area contributed by atoms with E-state index in [1.54, 1.807) is 18.0 Å². The summed E-state index contributed by atoms with van der Waals surface area (Å²) >= 11 is 3.00. The zero-order chi connectivity index (χ0) is 15.4. The van der Waals surface area contributed by atoms with E-state index >= 15 is 0 Å². The van der Waals surface area contributed by atoms with Crippen LogP contribution in [0.25, 0.3) is 0 Å². The SMILES string of the molecule is CSc1c(NCc2cccnc2)sc(C(=O)C(C)C)c1N. The lowest BCUT2D eigenvalue weighted by Gasteiger charge is -2.05. The van der Waals surface area contributed by atoms with E-state index in [2.05, 4.69) is 10.3 Å². The van der Waals surface area contributed by atoms with Crippen LogP contribution in [-0.2, 0) is 6.54 Å². The summed E-state index contributed by atoms with van der Waals surface area (Å²) in [4.78, 5) is 17.9. The highest BCUT2D eigenvalue weighted by atomic mass is 32.2. The molecule has 112 valence electrons. The van der Waals surface area contributed by atoms with Gasteiger partial charge in [-0.2, -0.15) is 0 Å². The third-order valence-electron chi connectivity index (χ3n) is 3.03. The average molecular weight is 321 g/mol. The van der Waals surface area contributed by atoms with Gasteiger partial charge in [-0.25, -0.2) is 0 Å². The van der Waals surface area contributed by atoms with E-state index in [4.69, 9.17) is 5.73 Å². The fourth-order valence-electron chi connectivity index (χ4n) is 1.88. The van der Waals surface area contributed by atoms with Crippen LogP contribution in [0.3, 0.4) is 0 Å². The number of hydrogen-bond donors (Lipinski definition) is 2. The third-order valence-corrected chi connectivity index (χ3v) is 5.17. The molecule has 3 N–H and O–H groups in total. The van der Waals surface area contributed by atoms with E-state index in [0.29, 0.717) is 17.1 Å². The smallest absolute Gasteiger partial charge is 0.177 e. The molecule has 0 aliphatic carbocycles. The van der Waals surface area contributed by atoms with Crippen LogP contribution in [0.2, 0.25) is 0 Å². The molecule has 0 aliphatic rings. The number of thiophene rings is 1. The van der Waals surface area contributed by atoms with Gasteiger partial charge in [0.1, 0.15) is 5.00 Å². The molecule has 6 heteroatoms. The number of nitrogens with two attached hydrogens (primary N) is 1. The zero-order valence-electron chi connectivity index (χ0n) is 12.3. The molecule has 2 heterocycles. The number of Topliss-reactive ketones (excluding diaryl/α,β-unsaturated/α-hetero) is 1. The van der Waals surface area contributed by atoms with Crippen LogP contribution in [0.1, 0.15) is 29.1 Å². The lowest BCUT2D eigenvalue weighted by atomic mass is 10.1. The molecule has 0 radical (unpaired) electrons. The first-order valence-electron chi connectivity index (χ1n) is 6.67. The lowest BCUT2D eigenvalue weighted by Crippen LogP contribution is -2.07. The summed E-state index contributed by atoms with van der Waals surface area (Å²) in [5.74, 6) is 0.0501. The molecule has 4 nitrogen and oxygen atoms in total. The quantitative estimate of drug-likeness (QED) is 0.624. The molecule has 0 saturated carbocycles. The topological polar surface area (TPSA) is 68.0 Å². The molecular weight excluding hydrogens is 302 g/mol. The fourth-order valence-corrected chi connectivity index (χ4v) is 4.00. The van der Waals surface area contributed by atoms with Crippen molar-refractivity contribution in [3.8, 4) is 0 Å². The van der Waals surface area contributed by atoms with Crippen LogP contribution < -0.4 is 11.1 Å². The van der Waals surface area contributed by atoms with Crippen LogP contribution in [0, 0.1) is 5.92 Å². The second-order valence-electron chi connectivity index (χ2n) is 4.94. The van der Waals surface area contributed by atoms with Gasteiger partial charge in [0.15, 0.2) is 5.78 Å². The highest BCUT2D eigenvalue weighted by Crippen LogP contribution is 2.42. The minimum atomic E-state index is -0.0492. The molecule has 21 heavy (non-hydrogen) atoms. The van der Waals surface area contributed by atoms with Crippen LogP contribution in [-0.4, -0.2) is 17.0 Å². The number of ketones is 1. The number of nitrogens with one attached hydrogen (secondary N) is 1. The number of carbonyl (C=O) groups is 1. The largest absolute Gasteiger partial charge is 0.396 e. The summed E-state index contributed by atoms with van der Waals surface area (Å²) in [6, 6.07) is 3.92. The van der Waals surface area contributed by atoms with Gasteiger partial charge in [-0.3, -0.25) is 9.78 Å². The second-order valence-corrected chi connectivity index (χ2v) is 6.78. The molecule has 2 aromatic rings. The highest BCUT2D eigenvalue weighted by Gasteiger charge is 2.22. The highest BCUT2D eigenvalue weighted by molar-refractivity contribution is 7.99. The van der Waals surface area contributed by atoms with Crippen LogP contribution in [0.15, 0.2) is 29.4 Å². The molecule has 0 unspecified atom stereocenters. The number of pyridine rings is 1. The summed E-state index contributed by atoms with van der Waals surface area (Å²) in [5, 5.41) is 4.31. The molecule has 0 aliphatic heterocycles. The Morgan fingerprint density at radius 3 is 2.86 bits per heavy atom. The van der Waals surface area contributed by atoms with Crippen molar-refractivity contribution >= 4 is 39.6 Å². The minimum absolute atomic E-state index is 0.0492.